The fraction of sp³-hybridized carbons (Fsp3) is 0.588. The number of nitrogens with zero attached hydrogens (tertiary/aromatic N) is 1. The minimum atomic E-state index is -0.137. The average Bonchev–Trinajstić information content (AvgIpc) is 2.34. The van der Waals surface area contributed by atoms with Crippen LogP contribution in [-0.4, -0.2) is 18.7 Å². The van der Waals surface area contributed by atoms with Gasteiger partial charge in [-0.05, 0) is 36.8 Å². The summed E-state index contributed by atoms with van der Waals surface area (Å²) >= 11 is 0. The molecule has 20 heavy (non-hydrogen) atoms. The van der Waals surface area contributed by atoms with Gasteiger partial charge in [0.25, 0.3) is 0 Å². The van der Waals surface area contributed by atoms with Crippen LogP contribution in [0, 0.1) is 12.3 Å². The van der Waals surface area contributed by atoms with E-state index < -0.39 is 0 Å². The highest BCUT2D eigenvalue weighted by Crippen LogP contribution is 2.32. The van der Waals surface area contributed by atoms with Gasteiger partial charge < -0.3 is 4.74 Å². The van der Waals surface area contributed by atoms with Gasteiger partial charge in [0.1, 0.15) is 6.23 Å². The Morgan fingerprint density at radius 2 is 2.10 bits per heavy atom. The molecule has 1 aromatic rings. The van der Waals surface area contributed by atoms with E-state index in [1.165, 1.54) is 11.1 Å². The summed E-state index contributed by atoms with van der Waals surface area (Å²) in [6.45, 7) is 10.8. The lowest BCUT2D eigenvalue weighted by Crippen LogP contribution is -2.45. The first-order chi connectivity index (χ1) is 9.28. The molecule has 110 valence electrons. The number of amides is 1. The highest BCUT2D eigenvalue weighted by Gasteiger charge is 2.30. The summed E-state index contributed by atoms with van der Waals surface area (Å²) in [5, 5.41) is 0. The van der Waals surface area contributed by atoms with Crippen LogP contribution < -0.4 is 4.90 Å². The quantitative estimate of drug-likeness (QED) is 0.824. The summed E-state index contributed by atoms with van der Waals surface area (Å²) in [6.07, 6.45) is 1.70. The van der Waals surface area contributed by atoms with E-state index in [-0.39, 0.29) is 17.6 Å². The Bertz CT molecular complexity index is 502. The van der Waals surface area contributed by atoms with Crippen molar-refractivity contribution in [1.82, 2.24) is 0 Å². The lowest BCUT2D eigenvalue weighted by Gasteiger charge is -2.37. The molecule has 0 N–H and O–H groups in total. The predicted octanol–water partition coefficient (Wildman–Crippen LogP) is 3.68. The van der Waals surface area contributed by atoms with Gasteiger partial charge in [0.15, 0.2) is 0 Å². The Morgan fingerprint density at radius 3 is 2.70 bits per heavy atom. The molecule has 0 spiro atoms. The summed E-state index contributed by atoms with van der Waals surface area (Å²) in [5.74, 6) is 0.0497. The van der Waals surface area contributed by atoms with Crippen LogP contribution in [0.2, 0.25) is 0 Å². The number of hydrogen-bond acceptors (Lipinski definition) is 2. The molecule has 1 aliphatic heterocycles. The molecule has 0 saturated carbocycles. The van der Waals surface area contributed by atoms with Gasteiger partial charge in [0.05, 0.1) is 6.61 Å². The third-order valence-corrected chi connectivity index (χ3v) is 3.49. The molecule has 0 fully saturated rings. The SMILES string of the molecule is CC(=O)N1c2ccc(C)cc2CCC1OCC(C)(C)C. The molecule has 0 aliphatic carbocycles. The second kappa shape index (κ2) is 5.57. The molecular weight excluding hydrogens is 250 g/mol. The number of carbonyl (C=O) groups is 1. The van der Waals surface area contributed by atoms with Crippen molar-refractivity contribution in [2.45, 2.75) is 53.7 Å². The normalized spacial score (nSPS) is 18.9. The van der Waals surface area contributed by atoms with Gasteiger partial charge in [-0.1, -0.05) is 38.5 Å². The highest BCUT2D eigenvalue weighted by atomic mass is 16.5. The van der Waals surface area contributed by atoms with Gasteiger partial charge in [-0.2, -0.15) is 0 Å². The summed E-state index contributed by atoms with van der Waals surface area (Å²) in [5.41, 5.74) is 3.60. The fourth-order valence-corrected chi connectivity index (χ4v) is 2.59. The van der Waals surface area contributed by atoms with Crippen LogP contribution in [0.25, 0.3) is 0 Å². The molecule has 0 bridgehead atoms. The lowest BCUT2D eigenvalue weighted by atomic mass is 9.97. The summed E-state index contributed by atoms with van der Waals surface area (Å²) < 4.78 is 6.01. The van der Waals surface area contributed by atoms with Crippen LogP contribution in [0.15, 0.2) is 18.2 Å². The Kier molecular flexibility index (Phi) is 4.19. The zero-order valence-corrected chi connectivity index (χ0v) is 13.2. The smallest absolute Gasteiger partial charge is 0.225 e. The molecule has 1 unspecified atom stereocenters. The molecule has 1 aromatic carbocycles. The molecule has 1 aliphatic rings. The Morgan fingerprint density at radius 1 is 1.40 bits per heavy atom. The van der Waals surface area contributed by atoms with Crippen LogP contribution in [0.1, 0.15) is 45.2 Å². The van der Waals surface area contributed by atoms with Crippen molar-refractivity contribution in [2.75, 3.05) is 11.5 Å². The van der Waals surface area contributed by atoms with Crippen LogP contribution in [-0.2, 0) is 16.0 Å². The molecule has 0 aromatic heterocycles. The van der Waals surface area contributed by atoms with E-state index in [1.54, 1.807) is 6.92 Å². The van der Waals surface area contributed by atoms with E-state index in [0.717, 1.165) is 18.5 Å². The number of ether oxygens (including phenoxy) is 1. The minimum absolute atomic E-state index is 0.0497. The Labute approximate surface area is 121 Å². The van der Waals surface area contributed by atoms with E-state index in [0.29, 0.717) is 6.61 Å². The number of anilines is 1. The maximum absolute atomic E-state index is 12.0. The van der Waals surface area contributed by atoms with Crippen molar-refractivity contribution >= 4 is 11.6 Å². The van der Waals surface area contributed by atoms with Gasteiger partial charge >= 0.3 is 0 Å². The van der Waals surface area contributed by atoms with E-state index in [4.69, 9.17) is 4.74 Å². The Balaban J connectivity index is 2.24. The summed E-state index contributed by atoms with van der Waals surface area (Å²) in [7, 11) is 0. The van der Waals surface area contributed by atoms with Crippen molar-refractivity contribution in [3.05, 3.63) is 29.3 Å². The average molecular weight is 275 g/mol. The second-order valence-electron chi connectivity index (χ2n) is 6.89. The van der Waals surface area contributed by atoms with Gasteiger partial charge in [-0.3, -0.25) is 9.69 Å². The van der Waals surface area contributed by atoms with E-state index >= 15 is 0 Å². The molecule has 0 radical (unpaired) electrons. The monoisotopic (exact) mass is 275 g/mol. The molecule has 3 nitrogen and oxygen atoms in total. The summed E-state index contributed by atoms with van der Waals surface area (Å²) in [6, 6.07) is 6.27. The number of aryl methyl sites for hydroxylation is 2. The first kappa shape index (κ1) is 15.0. The number of benzene rings is 1. The lowest BCUT2D eigenvalue weighted by molar-refractivity contribution is -0.120. The van der Waals surface area contributed by atoms with Gasteiger partial charge in [0.2, 0.25) is 5.91 Å². The molecule has 2 rings (SSSR count). The van der Waals surface area contributed by atoms with Crippen molar-refractivity contribution in [3.8, 4) is 0 Å². The fourth-order valence-electron chi connectivity index (χ4n) is 2.59. The number of rotatable bonds is 2. The maximum Gasteiger partial charge on any atom is 0.225 e. The topological polar surface area (TPSA) is 29.5 Å². The third-order valence-electron chi connectivity index (χ3n) is 3.49. The predicted molar refractivity (Wildman–Crippen MR) is 81.9 cm³/mol. The molecule has 1 atom stereocenters. The van der Waals surface area contributed by atoms with Crippen LogP contribution in [0.5, 0.6) is 0 Å². The molecule has 1 amide bonds. The molecule has 3 heteroatoms. The highest BCUT2D eigenvalue weighted by molar-refractivity contribution is 5.93. The second-order valence-corrected chi connectivity index (χ2v) is 6.89. The van der Waals surface area contributed by atoms with Crippen LogP contribution in [0.4, 0.5) is 5.69 Å². The van der Waals surface area contributed by atoms with Crippen LogP contribution in [0.3, 0.4) is 0 Å². The maximum atomic E-state index is 12.0. The van der Waals surface area contributed by atoms with Crippen molar-refractivity contribution in [3.63, 3.8) is 0 Å². The van der Waals surface area contributed by atoms with Gasteiger partial charge in [-0.25, -0.2) is 0 Å². The largest absolute Gasteiger partial charge is 0.357 e. The van der Waals surface area contributed by atoms with Gasteiger partial charge in [-0.15, -0.1) is 0 Å². The van der Waals surface area contributed by atoms with Crippen molar-refractivity contribution < 1.29 is 9.53 Å². The zero-order chi connectivity index (χ0) is 14.9. The van der Waals surface area contributed by atoms with E-state index in [9.17, 15) is 4.79 Å². The standard InChI is InChI=1S/C17H25NO2/c1-12-6-8-15-14(10-12)7-9-16(18(15)13(2)19)20-11-17(3,4)5/h6,8,10,16H,7,9,11H2,1-5H3. The first-order valence-corrected chi connectivity index (χ1v) is 7.29. The Hall–Kier alpha value is -1.35. The van der Waals surface area contributed by atoms with Crippen molar-refractivity contribution in [1.29, 1.82) is 0 Å². The minimum Gasteiger partial charge on any atom is -0.357 e. The van der Waals surface area contributed by atoms with E-state index in [1.807, 2.05) is 11.0 Å². The van der Waals surface area contributed by atoms with Crippen LogP contribution >= 0.6 is 0 Å². The molecule has 0 saturated heterocycles. The number of fused-ring (bicyclic) bond motifs is 1. The summed E-state index contributed by atoms with van der Waals surface area (Å²) in [4.78, 5) is 13.8. The van der Waals surface area contributed by atoms with Crippen molar-refractivity contribution in [2.24, 2.45) is 5.41 Å². The first-order valence-electron chi connectivity index (χ1n) is 7.29. The van der Waals surface area contributed by atoms with Gasteiger partial charge in [0, 0.05) is 12.6 Å². The zero-order valence-electron chi connectivity index (χ0n) is 13.2. The third kappa shape index (κ3) is 3.40. The number of hydrogen-bond donors (Lipinski definition) is 0. The number of carbonyl (C=O) groups excluding carboxylic acids is 1. The van der Waals surface area contributed by atoms with E-state index in [2.05, 4.69) is 39.8 Å². The molecular formula is C17H25NO2. The molecule has 1 heterocycles.